The van der Waals surface area contributed by atoms with Crippen LogP contribution < -0.4 is 9.30 Å². The molecule has 2 heterocycles. The highest BCUT2D eigenvalue weighted by Crippen LogP contribution is 2.40. The Morgan fingerprint density at radius 3 is 2.42 bits per heavy atom. The predicted molar refractivity (Wildman–Crippen MR) is 94.7 cm³/mol. The van der Waals surface area contributed by atoms with Crippen molar-refractivity contribution < 1.29 is 9.30 Å². The molecule has 114 valence electrons. The van der Waals surface area contributed by atoms with E-state index in [0.29, 0.717) is 0 Å². The second-order valence-corrected chi connectivity index (χ2v) is 5.47. The number of fused-ring (bicyclic) bond motifs is 1. The molecule has 1 aliphatic rings. The molecule has 0 amide bonds. The van der Waals surface area contributed by atoms with Crippen LogP contribution >= 0.6 is 0 Å². The number of ether oxygens (including phenoxy) is 1. The van der Waals surface area contributed by atoms with Gasteiger partial charge >= 0.3 is 5.82 Å². The average molecular weight is 311 g/mol. The molecule has 0 aliphatic carbocycles. The molecule has 3 nitrogen and oxygen atoms in total. The fraction of sp³-hybridized carbons (Fsp3) is 0.0476. The number of terminal acetylenes is 1. The number of benzene rings is 2. The Morgan fingerprint density at radius 2 is 1.71 bits per heavy atom. The number of aliphatic imine (C=N–C) groups is 1. The molecular formula is C21H15N2O+. The highest BCUT2D eigenvalue weighted by molar-refractivity contribution is 5.84. The largest absolute Gasteiger partial charge is 0.453 e. The number of para-hydroxylation sites is 1. The first-order chi connectivity index (χ1) is 11.9. The van der Waals surface area contributed by atoms with Gasteiger partial charge in [0.2, 0.25) is 0 Å². The lowest BCUT2D eigenvalue weighted by atomic mass is 9.99. The van der Waals surface area contributed by atoms with Gasteiger partial charge in [0.05, 0.1) is 5.56 Å². The van der Waals surface area contributed by atoms with Crippen LogP contribution in [0.1, 0.15) is 5.56 Å². The van der Waals surface area contributed by atoms with Gasteiger partial charge in [0, 0.05) is 12.0 Å². The number of nitrogens with zero attached hydrogens (tertiary/aromatic N) is 2. The molecule has 0 fully saturated rings. The summed E-state index contributed by atoms with van der Waals surface area (Å²) >= 11 is 0. The van der Waals surface area contributed by atoms with Crippen LogP contribution in [0.15, 0.2) is 71.9 Å². The van der Waals surface area contributed by atoms with Crippen LogP contribution in [0.2, 0.25) is 0 Å². The van der Waals surface area contributed by atoms with Crippen LogP contribution in [0.3, 0.4) is 0 Å². The molecule has 2 aromatic carbocycles. The SMILES string of the molecule is C#C[n+]1cc(Oc2ccccc2)c(-c2ccccc2)c2c1N=CC2. The Labute approximate surface area is 140 Å². The third-order valence-corrected chi connectivity index (χ3v) is 3.97. The Morgan fingerprint density at radius 1 is 1.00 bits per heavy atom. The van der Waals surface area contributed by atoms with E-state index < -0.39 is 0 Å². The molecular weight excluding hydrogens is 296 g/mol. The Hall–Kier alpha value is -3.38. The van der Waals surface area contributed by atoms with Gasteiger partial charge in [-0.05, 0) is 17.7 Å². The minimum Gasteiger partial charge on any atom is -0.453 e. The normalized spacial score (nSPS) is 11.8. The minimum atomic E-state index is 0.731. The third-order valence-electron chi connectivity index (χ3n) is 3.97. The van der Waals surface area contributed by atoms with Crippen molar-refractivity contribution in [3.63, 3.8) is 0 Å². The van der Waals surface area contributed by atoms with Crippen LogP contribution in [0.25, 0.3) is 11.1 Å². The molecule has 0 spiro atoms. The summed E-state index contributed by atoms with van der Waals surface area (Å²) in [5, 5.41) is 0. The lowest BCUT2D eigenvalue weighted by Gasteiger charge is -2.13. The van der Waals surface area contributed by atoms with Gasteiger partial charge in [-0.1, -0.05) is 59.9 Å². The first-order valence-corrected chi connectivity index (χ1v) is 7.76. The Balaban J connectivity index is 1.93. The lowest BCUT2D eigenvalue weighted by Crippen LogP contribution is -2.28. The predicted octanol–water partition coefficient (Wildman–Crippen LogP) is 4.13. The van der Waals surface area contributed by atoms with Gasteiger partial charge in [0.25, 0.3) is 0 Å². The number of hydrogen-bond donors (Lipinski definition) is 0. The van der Waals surface area contributed by atoms with Crippen molar-refractivity contribution in [2.24, 2.45) is 4.99 Å². The number of aromatic nitrogens is 1. The Kier molecular flexibility index (Phi) is 3.57. The zero-order valence-electron chi connectivity index (χ0n) is 13.0. The highest BCUT2D eigenvalue weighted by Gasteiger charge is 2.28. The van der Waals surface area contributed by atoms with Crippen molar-refractivity contribution in [2.45, 2.75) is 6.42 Å². The summed E-state index contributed by atoms with van der Waals surface area (Å²) in [6.07, 6.45) is 10.1. The zero-order valence-corrected chi connectivity index (χ0v) is 13.0. The van der Waals surface area contributed by atoms with Crippen molar-refractivity contribution in [2.75, 3.05) is 0 Å². The smallest absolute Gasteiger partial charge is 0.340 e. The molecule has 0 radical (unpaired) electrons. The molecule has 1 aromatic heterocycles. The Bertz CT molecular complexity index is 955. The first kappa shape index (κ1) is 14.2. The fourth-order valence-corrected chi connectivity index (χ4v) is 2.92. The molecule has 3 aromatic rings. The topological polar surface area (TPSA) is 25.5 Å². The summed E-state index contributed by atoms with van der Waals surface area (Å²) in [5.74, 6) is 2.31. The van der Waals surface area contributed by atoms with Gasteiger partial charge in [-0.15, -0.1) is 4.57 Å². The van der Waals surface area contributed by atoms with Gasteiger partial charge < -0.3 is 4.74 Å². The van der Waals surface area contributed by atoms with Gasteiger partial charge in [0.1, 0.15) is 24.2 Å². The van der Waals surface area contributed by atoms with E-state index in [1.807, 2.05) is 60.9 Å². The van der Waals surface area contributed by atoms with Gasteiger partial charge in [-0.3, -0.25) is 0 Å². The van der Waals surface area contributed by atoms with E-state index >= 15 is 0 Å². The molecule has 24 heavy (non-hydrogen) atoms. The van der Waals surface area contributed by atoms with Crippen molar-refractivity contribution in [1.29, 1.82) is 0 Å². The maximum atomic E-state index is 6.16. The van der Waals surface area contributed by atoms with Crippen LogP contribution in [-0.4, -0.2) is 6.21 Å². The van der Waals surface area contributed by atoms with Crippen molar-refractivity contribution in [3.8, 4) is 35.1 Å². The quantitative estimate of drug-likeness (QED) is 0.527. The van der Waals surface area contributed by atoms with Crippen LogP contribution in [0.4, 0.5) is 5.82 Å². The van der Waals surface area contributed by atoms with Crippen LogP contribution in [0, 0.1) is 12.5 Å². The summed E-state index contributed by atoms with van der Waals surface area (Å²) < 4.78 is 7.84. The van der Waals surface area contributed by atoms with Gasteiger partial charge in [-0.25, -0.2) is 0 Å². The summed E-state index contributed by atoms with van der Waals surface area (Å²) in [5.41, 5.74) is 3.22. The van der Waals surface area contributed by atoms with Gasteiger partial charge in [-0.2, -0.15) is 0 Å². The molecule has 0 N–H and O–H groups in total. The van der Waals surface area contributed by atoms with E-state index in [-0.39, 0.29) is 0 Å². The van der Waals surface area contributed by atoms with E-state index in [9.17, 15) is 0 Å². The van der Waals surface area contributed by atoms with Crippen LogP contribution in [0.5, 0.6) is 11.5 Å². The summed E-state index contributed by atoms with van der Waals surface area (Å²) in [7, 11) is 0. The van der Waals surface area contributed by atoms with E-state index in [2.05, 4.69) is 23.2 Å². The van der Waals surface area contributed by atoms with E-state index in [1.165, 1.54) is 0 Å². The van der Waals surface area contributed by atoms with Crippen molar-refractivity contribution >= 4 is 12.0 Å². The maximum absolute atomic E-state index is 6.16. The minimum absolute atomic E-state index is 0.731. The van der Waals surface area contributed by atoms with E-state index in [0.717, 1.165) is 40.4 Å². The summed E-state index contributed by atoms with van der Waals surface area (Å²) in [6.45, 7) is 0. The molecule has 0 atom stereocenters. The number of rotatable bonds is 3. The fourth-order valence-electron chi connectivity index (χ4n) is 2.92. The molecule has 4 rings (SSSR count). The molecule has 0 saturated carbocycles. The lowest BCUT2D eigenvalue weighted by molar-refractivity contribution is -0.569. The number of pyridine rings is 1. The monoisotopic (exact) mass is 311 g/mol. The van der Waals surface area contributed by atoms with Crippen molar-refractivity contribution in [1.82, 2.24) is 0 Å². The number of hydrogen-bond acceptors (Lipinski definition) is 2. The summed E-state index contributed by atoms with van der Waals surface area (Å²) in [4.78, 5) is 4.44. The third kappa shape index (κ3) is 2.45. The van der Waals surface area contributed by atoms with Crippen LogP contribution in [-0.2, 0) is 6.42 Å². The molecule has 0 unspecified atom stereocenters. The van der Waals surface area contributed by atoms with Crippen molar-refractivity contribution in [3.05, 3.63) is 72.4 Å². The highest BCUT2D eigenvalue weighted by atomic mass is 16.5. The molecule has 1 aliphatic heterocycles. The summed E-state index contributed by atoms with van der Waals surface area (Å²) in [6, 6.07) is 22.6. The first-order valence-electron chi connectivity index (χ1n) is 7.76. The van der Waals surface area contributed by atoms with Gasteiger partial charge in [0.15, 0.2) is 5.75 Å². The second-order valence-electron chi connectivity index (χ2n) is 5.47. The maximum Gasteiger partial charge on any atom is 0.340 e. The van der Waals surface area contributed by atoms with E-state index in [1.54, 1.807) is 4.57 Å². The standard InChI is InChI=1S/C21H15N2O/c1-2-23-15-19(24-17-11-7-4-8-12-17)20(16-9-5-3-6-10-16)18-13-14-22-21(18)23/h1,3-12,14-15H,13H2/q+1. The second kappa shape index (κ2) is 6.02. The average Bonchev–Trinajstić information content (AvgIpc) is 3.12. The molecule has 3 heteroatoms. The van der Waals surface area contributed by atoms with E-state index in [4.69, 9.17) is 11.2 Å². The molecule has 0 saturated heterocycles. The molecule has 0 bridgehead atoms. The zero-order chi connectivity index (χ0) is 16.4.